The molecule has 0 aliphatic carbocycles. The summed E-state index contributed by atoms with van der Waals surface area (Å²) in [6.07, 6.45) is -2.74. The molecular weight excluding hydrogens is 562 g/mol. The van der Waals surface area contributed by atoms with E-state index in [0.29, 0.717) is 17.6 Å². The summed E-state index contributed by atoms with van der Waals surface area (Å²) in [5.41, 5.74) is 9.18. The number of unbranched alkanes of at least 4 members (excludes halogenated alkanes) is 3. The average Bonchev–Trinajstić information content (AvgIpc) is 3.27. The number of nitrogens with one attached hydrogen (secondary N) is 2. The third-order valence-electron chi connectivity index (χ3n) is 5.50. The molecule has 16 heteroatoms. The lowest BCUT2D eigenvalue weighted by Crippen LogP contribution is -2.21. The number of nitrogen functional groups attached to an aromatic ring is 1. The normalized spacial score (nSPS) is 12.0. The monoisotopic (exact) mass is 594 g/mol. The Balaban J connectivity index is 0.000000497. The zero-order valence-electron chi connectivity index (χ0n) is 22.5. The van der Waals surface area contributed by atoms with Crippen LogP contribution < -0.4 is 11.1 Å². The van der Waals surface area contributed by atoms with E-state index in [0.717, 1.165) is 34.5 Å². The first-order valence-corrected chi connectivity index (χ1v) is 12.5. The number of aromatic amines is 1. The maximum atomic E-state index is 10.6. The molecule has 0 amide bonds. The number of nitrogens with zero attached hydrogens (tertiary/aromatic N) is 3. The number of aliphatic carboxylic acids is 2. The standard InChI is InChI=1S/C21H30N6.2C2HF3O2/c1-4-6-7-8-9-15(5-2)17-11-10-16-18(23-17)13-19(25-21(16)22)24-20-12-14(3)26-27-20;2*3-2(4,5)1(6)7/h10-13,15H,4-9H2,1-3H3,(H4,22,24,25,26,27);2*(H,6,7). The first-order valence-electron chi connectivity index (χ1n) is 12.5. The van der Waals surface area contributed by atoms with Gasteiger partial charge in [0.15, 0.2) is 5.82 Å². The van der Waals surface area contributed by atoms with E-state index in [1.165, 1.54) is 32.1 Å². The van der Waals surface area contributed by atoms with Crippen molar-refractivity contribution in [2.24, 2.45) is 0 Å². The van der Waals surface area contributed by atoms with Crippen molar-refractivity contribution in [2.45, 2.75) is 77.6 Å². The van der Waals surface area contributed by atoms with Gasteiger partial charge in [-0.15, -0.1) is 0 Å². The predicted molar refractivity (Wildman–Crippen MR) is 140 cm³/mol. The van der Waals surface area contributed by atoms with Crippen molar-refractivity contribution < 1.29 is 46.1 Å². The third kappa shape index (κ3) is 12.3. The van der Waals surface area contributed by atoms with E-state index in [4.69, 9.17) is 30.5 Å². The Kier molecular flexibility index (Phi) is 13.3. The van der Waals surface area contributed by atoms with E-state index in [-0.39, 0.29) is 0 Å². The highest BCUT2D eigenvalue weighted by Crippen LogP contribution is 2.29. The molecule has 228 valence electrons. The number of carboxylic acid groups (broad SMARTS) is 2. The second kappa shape index (κ2) is 15.6. The molecule has 0 aromatic carbocycles. The Morgan fingerprint density at radius 3 is 2.00 bits per heavy atom. The molecule has 0 spiro atoms. The quantitative estimate of drug-likeness (QED) is 0.133. The van der Waals surface area contributed by atoms with Crippen LogP contribution in [0.4, 0.5) is 43.8 Å². The highest BCUT2D eigenvalue weighted by Gasteiger charge is 2.38. The maximum absolute atomic E-state index is 10.6. The van der Waals surface area contributed by atoms with Crippen molar-refractivity contribution in [2.75, 3.05) is 11.1 Å². The fourth-order valence-electron chi connectivity index (χ4n) is 3.45. The number of pyridine rings is 2. The van der Waals surface area contributed by atoms with E-state index < -0.39 is 24.3 Å². The summed E-state index contributed by atoms with van der Waals surface area (Å²) < 4.78 is 63.5. The molecule has 0 aliphatic rings. The van der Waals surface area contributed by atoms with Gasteiger partial charge in [-0.3, -0.25) is 10.1 Å². The molecule has 0 bridgehead atoms. The number of halogens is 6. The number of hydrogen-bond donors (Lipinski definition) is 5. The lowest BCUT2D eigenvalue weighted by atomic mass is 9.94. The number of anilines is 3. The van der Waals surface area contributed by atoms with Crippen LogP contribution >= 0.6 is 0 Å². The minimum atomic E-state index is -5.08. The van der Waals surface area contributed by atoms with Gasteiger partial charge in [-0.2, -0.15) is 31.4 Å². The Morgan fingerprint density at radius 1 is 0.951 bits per heavy atom. The third-order valence-corrected chi connectivity index (χ3v) is 5.50. The van der Waals surface area contributed by atoms with Crippen molar-refractivity contribution in [3.63, 3.8) is 0 Å². The van der Waals surface area contributed by atoms with E-state index in [1.54, 1.807) is 0 Å². The highest BCUT2D eigenvalue weighted by atomic mass is 19.4. The van der Waals surface area contributed by atoms with Crippen LogP contribution in [-0.2, 0) is 9.59 Å². The maximum Gasteiger partial charge on any atom is 0.490 e. The zero-order valence-corrected chi connectivity index (χ0v) is 22.5. The lowest BCUT2D eigenvalue weighted by Gasteiger charge is -2.15. The number of aromatic nitrogens is 4. The van der Waals surface area contributed by atoms with E-state index in [1.807, 2.05) is 19.1 Å². The summed E-state index contributed by atoms with van der Waals surface area (Å²) in [6.45, 7) is 6.44. The molecule has 6 N–H and O–H groups in total. The summed E-state index contributed by atoms with van der Waals surface area (Å²) in [7, 11) is 0. The predicted octanol–water partition coefficient (Wildman–Crippen LogP) is 6.72. The Bertz CT molecular complexity index is 1260. The van der Waals surface area contributed by atoms with Crippen molar-refractivity contribution in [3.05, 3.63) is 35.7 Å². The van der Waals surface area contributed by atoms with Crippen molar-refractivity contribution >= 4 is 40.3 Å². The number of H-pyrrole nitrogens is 1. The number of nitrogens with two attached hydrogens (primary N) is 1. The van der Waals surface area contributed by atoms with Crippen molar-refractivity contribution in [1.29, 1.82) is 0 Å². The molecular formula is C25H32F6N6O4. The van der Waals surface area contributed by atoms with Crippen LogP contribution in [-0.4, -0.2) is 54.7 Å². The van der Waals surface area contributed by atoms with Crippen LogP contribution in [0.5, 0.6) is 0 Å². The molecule has 1 unspecified atom stereocenters. The molecule has 0 fully saturated rings. The summed E-state index contributed by atoms with van der Waals surface area (Å²) in [6, 6.07) is 8.04. The van der Waals surface area contributed by atoms with Gasteiger partial charge in [-0.05, 0) is 31.9 Å². The Labute approximate surface area is 231 Å². The number of hydrogen-bond acceptors (Lipinski definition) is 7. The number of rotatable bonds is 9. The molecule has 41 heavy (non-hydrogen) atoms. The molecule has 0 saturated heterocycles. The van der Waals surface area contributed by atoms with Gasteiger partial charge in [0.1, 0.15) is 11.6 Å². The van der Waals surface area contributed by atoms with Gasteiger partial charge in [0, 0.05) is 34.8 Å². The van der Waals surface area contributed by atoms with Crippen LogP contribution in [0.3, 0.4) is 0 Å². The van der Waals surface area contributed by atoms with Crippen LogP contribution in [0.2, 0.25) is 0 Å². The average molecular weight is 595 g/mol. The van der Waals surface area contributed by atoms with Crippen LogP contribution in [0.1, 0.15) is 69.7 Å². The lowest BCUT2D eigenvalue weighted by molar-refractivity contribution is -0.193. The number of fused-ring (bicyclic) bond motifs is 1. The molecule has 0 saturated carbocycles. The number of carboxylic acids is 2. The topological polar surface area (TPSA) is 167 Å². The minimum Gasteiger partial charge on any atom is -0.475 e. The van der Waals surface area contributed by atoms with Gasteiger partial charge in [-0.25, -0.2) is 14.6 Å². The molecule has 0 aliphatic heterocycles. The van der Waals surface area contributed by atoms with E-state index in [2.05, 4.69) is 46.5 Å². The Hall–Kier alpha value is -4.11. The first kappa shape index (κ1) is 34.9. The number of aryl methyl sites for hydroxylation is 1. The Morgan fingerprint density at radius 2 is 1.54 bits per heavy atom. The van der Waals surface area contributed by atoms with E-state index >= 15 is 0 Å². The summed E-state index contributed by atoms with van der Waals surface area (Å²) in [5.74, 6) is -3.16. The van der Waals surface area contributed by atoms with Crippen molar-refractivity contribution in [3.8, 4) is 0 Å². The molecule has 1 atom stereocenters. The second-order valence-electron chi connectivity index (χ2n) is 8.82. The highest BCUT2D eigenvalue weighted by molar-refractivity contribution is 5.90. The summed E-state index contributed by atoms with van der Waals surface area (Å²) in [5, 5.41) is 25.4. The van der Waals surface area contributed by atoms with Crippen molar-refractivity contribution in [1.82, 2.24) is 20.2 Å². The summed E-state index contributed by atoms with van der Waals surface area (Å²) >= 11 is 0. The first-order chi connectivity index (χ1) is 19.0. The van der Waals surface area contributed by atoms with Crippen LogP contribution in [0.15, 0.2) is 24.3 Å². The number of carbonyl (C=O) groups is 2. The second-order valence-corrected chi connectivity index (χ2v) is 8.82. The van der Waals surface area contributed by atoms with Crippen LogP contribution in [0.25, 0.3) is 10.9 Å². The fraction of sp³-hybridized carbons (Fsp3) is 0.480. The molecule has 3 heterocycles. The van der Waals surface area contributed by atoms with E-state index in [9.17, 15) is 26.3 Å². The van der Waals surface area contributed by atoms with Gasteiger partial charge in [-0.1, -0.05) is 39.5 Å². The summed E-state index contributed by atoms with van der Waals surface area (Å²) in [4.78, 5) is 27.2. The molecule has 0 radical (unpaired) electrons. The largest absolute Gasteiger partial charge is 0.490 e. The van der Waals surface area contributed by atoms with Gasteiger partial charge >= 0.3 is 24.3 Å². The molecule has 3 rings (SSSR count). The van der Waals surface area contributed by atoms with Crippen LogP contribution in [0, 0.1) is 6.92 Å². The molecule has 3 aromatic rings. The zero-order chi connectivity index (χ0) is 31.4. The molecule has 3 aromatic heterocycles. The SMILES string of the molecule is CCCCCCC(CC)c1ccc2c(N)nc(Nc3cc(C)[nH]n3)cc2n1.O=C(O)C(F)(F)F.O=C(O)C(F)(F)F. The van der Waals surface area contributed by atoms with Gasteiger partial charge in [0.25, 0.3) is 0 Å². The minimum absolute atomic E-state index is 0.484. The fourth-order valence-corrected chi connectivity index (χ4v) is 3.45. The van der Waals surface area contributed by atoms with Gasteiger partial charge in [0.05, 0.1) is 5.52 Å². The van der Waals surface area contributed by atoms with Gasteiger partial charge < -0.3 is 21.3 Å². The molecule has 10 nitrogen and oxygen atoms in total. The van der Waals surface area contributed by atoms with Gasteiger partial charge in [0.2, 0.25) is 0 Å². The smallest absolute Gasteiger partial charge is 0.475 e. The number of alkyl halides is 6.